The molecule has 0 saturated carbocycles. The van der Waals surface area contributed by atoms with Gasteiger partial charge in [0.15, 0.2) is 0 Å². The molecule has 0 saturated heterocycles. The van der Waals surface area contributed by atoms with E-state index in [0.717, 1.165) is 32.8 Å². The van der Waals surface area contributed by atoms with E-state index in [1.54, 1.807) is 29.8 Å². The summed E-state index contributed by atoms with van der Waals surface area (Å²) in [4.78, 5) is 11.1. The molecule has 2 aromatic heterocycles. The van der Waals surface area contributed by atoms with Gasteiger partial charge in [-0.25, -0.2) is 9.97 Å². The largest absolute Gasteiger partial charge is 0.340 e. The highest BCUT2D eigenvalue weighted by molar-refractivity contribution is 7.19. The summed E-state index contributed by atoms with van der Waals surface area (Å²) in [6.45, 7) is 2.11. The summed E-state index contributed by atoms with van der Waals surface area (Å²) in [6, 6.07) is 15.7. The number of aryl methyl sites for hydroxylation is 1. The molecule has 4 rings (SSSR count). The summed E-state index contributed by atoms with van der Waals surface area (Å²) in [5, 5.41) is 5.39. The van der Waals surface area contributed by atoms with Gasteiger partial charge in [0.25, 0.3) is 0 Å². The summed E-state index contributed by atoms with van der Waals surface area (Å²) in [6.07, 6.45) is 1.58. The van der Waals surface area contributed by atoms with Gasteiger partial charge in [0.05, 0.1) is 15.4 Å². The van der Waals surface area contributed by atoms with E-state index in [1.807, 2.05) is 24.3 Å². The summed E-state index contributed by atoms with van der Waals surface area (Å²) in [7, 11) is 0. The maximum Gasteiger partial charge on any atom is 0.143 e. The molecule has 0 bridgehead atoms. The molecule has 0 aliphatic heterocycles. The second-order valence-electron chi connectivity index (χ2n) is 5.56. The van der Waals surface area contributed by atoms with Crippen molar-refractivity contribution in [1.29, 1.82) is 0 Å². The highest BCUT2D eigenvalue weighted by Gasteiger charge is 2.16. The molecule has 0 aliphatic carbocycles. The maximum atomic E-state index is 6.13. The molecule has 0 spiro atoms. The number of rotatable bonds is 3. The van der Waals surface area contributed by atoms with Gasteiger partial charge in [0, 0.05) is 16.1 Å². The maximum absolute atomic E-state index is 6.13. The van der Waals surface area contributed by atoms with E-state index in [1.165, 1.54) is 4.88 Å². The van der Waals surface area contributed by atoms with Crippen LogP contribution >= 0.6 is 34.5 Å². The predicted molar refractivity (Wildman–Crippen MR) is 107 cm³/mol. The Balaban J connectivity index is 1.88. The van der Waals surface area contributed by atoms with Gasteiger partial charge in [-0.3, -0.25) is 0 Å². The summed E-state index contributed by atoms with van der Waals surface area (Å²) < 4.78 is 0. The smallest absolute Gasteiger partial charge is 0.143 e. The molecule has 0 amide bonds. The third kappa shape index (κ3) is 3.09. The van der Waals surface area contributed by atoms with Crippen LogP contribution in [0.4, 0.5) is 11.5 Å². The van der Waals surface area contributed by atoms with Crippen LogP contribution in [-0.4, -0.2) is 9.97 Å². The Kier molecular flexibility index (Phi) is 4.34. The first-order valence-electron chi connectivity index (χ1n) is 7.65. The number of halogens is 2. The van der Waals surface area contributed by atoms with Gasteiger partial charge in [-0.05, 0) is 30.7 Å². The van der Waals surface area contributed by atoms with Crippen molar-refractivity contribution < 1.29 is 0 Å². The van der Waals surface area contributed by atoms with Crippen LogP contribution in [0.25, 0.3) is 21.3 Å². The van der Waals surface area contributed by atoms with E-state index < -0.39 is 0 Å². The van der Waals surface area contributed by atoms with Crippen LogP contribution < -0.4 is 5.32 Å². The van der Waals surface area contributed by atoms with Crippen LogP contribution in [0.5, 0.6) is 0 Å². The fraction of sp³-hybridized carbons (Fsp3) is 0.0526. The zero-order valence-electron chi connectivity index (χ0n) is 13.3. The number of hydrogen-bond donors (Lipinski definition) is 1. The molecule has 25 heavy (non-hydrogen) atoms. The average molecular weight is 386 g/mol. The Labute approximate surface area is 159 Å². The monoisotopic (exact) mass is 385 g/mol. The number of nitrogens with zero attached hydrogens (tertiary/aromatic N) is 2. The number of nitrogens with one attached hydrogen (secondary N) is 1. The Morgan fingerprint density at radius 1 is 0.960 bits per heavy atom. The lowest BCUT2D eigenvalue weighted by molar-refractivity contribution is 1.23. The molecule has 0 aliphatic rings. The lowest BCUT2D eigenvalue weighted by atomic mass is 10.0. The molecule has 0 unspecified atom stereocenters. The summed E-state index contributed by atoms with van der Waals surface area (Å²) >= 11 is 13.8. The minimum absolute atomic E-state index is 0.502. The van der Waals surface area contributed by atoms with Gasteiger partial charge in [-0.1, -0.05) is 53.5 Å². The van der Waals surface area contributed by atoms with Crippen molar-refractivity contribution in [1.82, 2.24) is 9.97 Å². The Morgan fingerprint density at radius 2 is 1.76 bits per heavy atom. The quantitative estimate of drug-likeness (QED) is 0.425. The van der Waals surface area contributed by atoms with Crippen molar-refractivity contribution in [3.05, 3.63) is 69.8 Å². The van der Waals surface area contributed by atoms with Crippen molar-refractivity contribution in [3.8, 4) is 11.1 Å². The molecule has 4 aromatic rings. The van der Waals surface area contributed by atoms with Gasteiger partial charge >= 0.3 is 0 Å². The van der Waals surface area contributed by atoms with E-state index >= 15 is 0 Å². The first kappa shape index (κ1) is 16.3. The van der Waals surface area contributed by atoms with Crippen LogP contribution in [-0.2, 0) is 0 Å². The molecule has 3 nitrogen and oxygen atoms in total. The van der Waals surface area contributed by atoms with E-state index in [2.05, 4.69) is 34.3 Å². The van der Waals surface area contributed by atoms with Gasteiger partial charge in [0.1, 0.15) is 17.0 Å². The third-order valence-electron chi connectivity index (χ3n) is 3.91. The van der Waals surface area contributed by atoms with Crippen molar-refractivity contribution in [3.63, 3.8) is 0 Å². The number of anilines is 2. The first-order valence-corrected chi connectivity index (χ1v) is 9.22. The van der Waals surface area contributed by atoms with Crippen LogP contribution in [0.15, 0.2) is 54.9 Å². The van der Waals surface area contributed by atoms with Crippen molar-refractivity contribution in [2.45, 2.75) is 6.92 Å². The second-order valence-corrected chi connectivity index (χ2v) is 7.57. The predicted octanol–water partition coefficient (Wildman–Crippen LogP) is 6.72. The van der Waals surface area contributed by atoms with Crippen molar-refractivity contribution >= 4 is 56.3 Å². The molecule has 2 heterocycles. The Hall–Kier alpha value is -2.14. The normalized spacial score (nSPS) is 11.0. The van der Waals surface area contributed by atoms with E-state index in [4.69, 9.17) is 23.2 Å². The highest BCUT2D eigenvalue weighted by atomic mass is 35.5. The average Bonchev–Trinajstić information content (AvgIpc) is 2.96. The molecule has 0 radical (unpaired) electrons. The lowest BCUT2D eigenvalue weighted by Crippen LogP contribution is -1.95. The zero-order valence-corrected chi connectivity index (χ0v) is 15.6. The van der Waals surface area contributed by atoms with E-state index in [0.29, 0.717) is 10.0 Å². The topological polar surface area (TPSA) is 37.8 Å². The van der Waals surface area contributed by atoms with E-state index in [-0.39, 0.29) is 0 Å². The molecule has 0 fully saturated rings. The number of benzene rings is 2. The second kappa shape index (κ2) is 6.64. The molecular formula is C19H13Cl2N3S. The molecule has 6 heteroatoms. The SMILES string of the molecule is Cc1sc2ncnc(Nc3ccc(Cl)c(Cl)c3)c2c1-c1ccccc1. The molecule has 0 atom stereocenters. The molecule has 2 aromatic carbocycles. The minimum Gasteiger partial charge on any atom is -0.340 e. The lowest BCUT2D eigenvalue weighted by Gasteiger charge is -2.10. The van der Waals surface area contributed by atoms with Crippen molar-refractivity contribution in [2.24, 2.45) is 0 Å². The van der Waals surface area contributed by atoms with Crippen molar-refractivity contribution in [2.75, 3.05) is 5.32 Å². The number of aromatic nitrogens is 2. The highest BCUT2D eigenvalue weighted by Crippen LogP contribution is 2.41. The Morgan fingerprint density at radius 3 is 2.52 bits per heavy atom. The third-order valence-corrected chi connectivity index (χ3v) is 5.66. The summed E-state index contributed by atoms with van der Waals surface area (Å²) in [5.41, 5.74) is 3.14. The molecular weight excluding hydrogens is 373 g/mol. The summed E-state index contributed by atoms with van der Waals surface area (Å²) in [5.74, 6) is 0.756. The number of thiophene rings is 1. The number of hydrogen-bond acceptors (Lipinski definition) is 4. The fourth-order valence-electron chi connectivity index (χ4n) is 2.80. The zero-order chi connectivity index (χ0) is 17.4. The van der Waals surface area contributed by atoms with Gasteiger partial charge < -0.3 is 5.32 Å². The first-order chi connectivity index (χ1) is 12.1. The van der Waals surface area contributed by atoms with Gasteiger partial charge in [0.2, 0.25) is 0 Å². The fourth-order valence-corrected chi connectivity index (χ4v) is 4.11. The van der Waals surface area contributed by atoms with Gasteiger partial charge in [-0.2, -0.15) is 0 Å². The van der Waals surface area contributed by atoms with Crippen LogP contribution in [0.2, 0.25) is 10.0 Å². The standard InChI is InChI=1S/C19H13Cl2N3S/c1-11-16(12-5-3-2-4-6-12)17-18(22-10-23-19(17)25-11)24-13-7-8-14(20)15(21)9-13/h2-10H,1H3,(H,22,23,24). The van der Waals surface area contributed by atoms with Gasteiger partial charge in [-0.15, -0.1) is 11.3 Å². The van der Waals surface area contributed by atoms with Crippen LogP contribution in [0, 0.1) is 6.92 Å². The Bertz CT molecular complexity index is 1060. The minimum atomic E-state index is 0.502. The molecule has 124 valence electrons. The van der Waals surface area contributed by atoms with Crippen LogP contribution in [0.1, 0.15) is 4.88 Å². The molecule has 1 N–H and O–H groups in total. The van der Waals surface area contributed by atoms with E-state index in [9.17, 15) is 0 Å². The number of fused-ring (bicyclic) bond motifs is 1. The van der Waals surface area contributed by atoms with Crippen LogP contribution in [0.3, 0.4) is 0 Å².